The molecule has 3 nitrogen and oxygen atoms in total. The lowest BCUT2D eigenvalue weighted by molar-refractivity contribution is -0.114. The lowest BCUT2D eigenvalue weighted by Gasteiger charge is -2.26. The Balaban J connectivity index is 4.97. The Labute approximate surface area is 87.0 Å². The largest absolute Gasteiger partial charge is 0.381 e. The van der Waals surface area contributed by atoms with E-state index < -0.39 is 0 Å². The van der Waals surface area contributed by atoms with Crippen LogP contribution in [-0.2, 0) is 4.79 Å². The van der Waals surface area contributed by atoms with Crippen LogP contribution in [0.25, 0.3) is 0 Å². The Kier molecular flexibility index (Phi) is 4.17. The second kappa shape index (κ2) is 4.49. The molecule has 0 unspecified atom stereocenters. The summed E-state index contributed by atoms with van der Waals surface area (Å²) in [6.45, 7) is 8.21. The predicted octanol–water partition coefficient (Wildman–Crippen LogP) is 1.74. The molecule has 0 rings (SSSR count). The van der Waals surface area contributed by atoms with Crippen LogP contribution in [-0.4, -0.2) is 24.9 Å². The number of rotatable bonds is 3. The average molecular weight is 198 g/mol. The van der Waals surface area contributed by atoms with Gasteiger partial charge in [-0.1, -0.05) is 20.8 Å². The maximum Gasteiger partial charge on any atom is 0.246 e. The fourth-order valence-corrected chi connectivity index (χ4v) is 1.27. The van der Waals surface area contributed by atoms with Crippen molar-refractivity contribution in [3.05, 3.63) is 11.3 Å². The minimum Gasteiger partial charge on any atom is -0.381 e. The summed E-state index contributed by atoms with van der Waals surface area (Å²) in [5.74, 6) is -0.335. The molecule has 3 heteroatoms. The van der Waals surface area contributed by atoms with Crippen LogP contribution in [0, 0.1) is 5.41 Å². The molecule has 0 bridgehead atoms. The highest BCUT2D eigenvalue weighted by atomic mass is 16.1. The number of nitrogens with zero attached hydrogens (tertiary/aromatic N) is 1. The van der Waals surface area contributed by atoms with Crippen molar-refractivity contribution >= 4 is 5.91 Å². The zero-order valence-electron chi connectivity index (χ0n) is 10.1. The molecule has 0 aromatic carbocycles. The summed E-state index contributed by atoms with van der Waals surface area (Å²) in [6.07, 6.45) is 0.856. The molecule has 0 aromatic heterocycles. The zero-order valence-corrected chi connectivity index (χ0v) is 10.1. The molecule has 0 aromatic rings. The summed E-state index contributed by atoms with van der Waals surface area (Å²) >= 11 is 0. The number of hydrogen-bond donors (Lipinski definition) is 1. The molecule has 0 saturated carbocycles. The number of primary amides is 1. The van der Waals surface area contributed by atoms with Crippen molar-refractivity contribution in [3.63, 3.8) is 0 Å². The van der Waals surface area contributed by atoms with E-state index in [0.29, 0.717) is 5.57 Å². The van der Waals surface area contributed by atoms with E-state index in [1.807, 2.05) is 19.0 Å². The highest BCUT2D eigenvalue weighted by Crippen LogP contribution is 2.26. The third kappa shape index (κ3) is 4.30. The molecule has 0 aliphatic carbocycles. The standard InChI is InChI=1S/C11H22N2O/c1-8(10(12)14)9(13(5)6)7-11(2,3)4/h7H2,1-6H3,(H2,12,14)/b9-8+. The van der Waals surface area contributed by atoms with E-state index in [0.717, 1.165) is 12.1 Å². The van der Waals surface area contributed by atoms with Gasteiger partial charge in [0.1, 0.15) is 0 Å². The van der Waals surface area contributed by atoms with Crippen LogP contribution in [0.1, 0.15) is 34.1 Å². The number of amides is 1. The summed E-state index contributed by atoms with van der Waals surface area (Å²) in [7, 11) is 3.88. The molecule has 1 amide bonds. The number of nitrogens with two attached hydrogens (primary N) is 1. The number of carbonyl (C=O) groups is 1. The summed E-state index contributed by atoms with van der Waals surface area (Å²) in [5.41, 5.74) is 7.11. The van der Waals surface area contributed by atoms with Crippen molar-refractivity contribution in [2.75, 3.05) is 14.1 Å². The van der Waals surface area contributed by atoms with Crippen LogP contribution in [0.3, 0.4) is 0 Å². The predicted molar refractivity (Wildman–Crippen MR) is 59.7 cm³/mol. The van der Waals surface area contributed by atoms with E-state index >= 15 is 0 Å². The number of allylic oxidation sites excluding steroid dienone is 1. The molecular formula is C11H22N2O. The molecule has 0 aliphatic rings. The Morgan fingerprint density at radius 2 is 1.71 bits per heavy atom. The summed E-state index contributed by atoms with van der Waals surface area (Å²) in [6, 6.07) is 0. The molecule has 0 aliphatic heterocycles. The Morgan fingerprint density at radius 3 is 1.93 bits per heavy atom. The zero-order chi connectivity index (χ0) is 11.5. The highest BCUT2D eigenvalue weighted by molar-refractivity contribution is 5.91. The molecule has 0 saturated heterocycles. The van der Waals surface area contributed by atoms with Gasteiger partial charge in [-0.3, -0.25) is 4.79 Å². The van der Waals surface area contributed by atoms with Crippen molar-refractivity contribution in [1.82, 2.24) is 4.90 Å². The molecule has 82 valence electrons. The van der Waals surface area contributed by atoms with Gasteiger partial charge in [-0.25, -0.2) is 0 Å². The maximum absolute atomic E-state index is 11.1. The van der Waals surface area contributed by atoms with Gasteiger partial charge in [0.15, 0.2) is 0 Å². The molecule has 0 heterocycles. The third-order valence-electron chi connectivity index (χ3n) is 2.04. The summed E-state index contributed by atoms with van der Waals surface area (Å²) < 4.78 is 0. The van der Waals surface area contributed by atoms with Crippen LogP contribution in [0.2, 0.25) is 0 Å². The van der Waals surface area contributed by atoms with Crippen LogP contribution in [0.15, 0.2) is 11.3 Å². The van der Waals surface area contributed by atoms with Gasteiger partial charge in [0.25, 0.3) is 0 Å². The first-order valence-electron chi connectivity index (χ1n) is 4.82. The van der Waals surface area contributed by atoms with Crippen molar-refractivity contribution in [2.45, 2.75) is 34.1 Å². The fraction of sp³-hybridized carbons (Fsp3) is 0.727. The second-order valence-electron chi connectivity index (χ2n) is 5.07. The fourth-order valence-electron chi connectivity index (χ4n) is 1.27. The van der Waals surface area contributed by atoms with Gasteiger partial charge in [-0.15, -0.1) is 0 Å². The van der Waals surface area contributed by atoms with E-state index in [-0.39, 0.29) is 11.3 Å². The van der Waals surface area contributed by atoms with Gasteiger partial charge in [0.05, 0.1) is 0 Å². The molecule has 0 radical (unpaired) electrons. The highest BCUT2D eigenvalue weighted by Gasteiger charge is 2.18. The Hall–Kier alpha value is -0.990. The normalized spacial score (nSPS) is 13.6. The van der Waals surface area contributed by atoms with Gasteiger partial charge in [0.2, 0.25) is 5.91 Å². The minimum atomic E-state index is -0.335. The van der Waals surface area contributed by atoms with Gasteiger partial charge in [-0.05, 0) is 18.8 Å². The maximum atomic E-state index is 11.1. The average Bonchev–Trinajstić information content (AvgIpc) is 1.96. The molecule has 0 fully saturated rings. The van der Waals surface area contributed by atoms with E-state index in [1.54, 1.807) is 6.92 Å². The van der Waals surface area contributed by atoms with Crippen molar-refractivity contribution in [3.8, 4) is 0 Å². The smallest absolute Gasteiger partial charge is 0.246 e. The van der Waals surface area contributed by atoms with Gasteiger partial charge < -0.3 is 10.6 Å². The first kappa shape index (κ1) is 13.0. The van der Waals surface area contributed by atoms with Crippen LogP contribution in [0.4, 0.5) is 0 Å². The topological polar surface area (TPSA) is 46.3 Å². The van der Waals surface area contributed by atoms with E-state index in [9.17, 15) is 4.79 Å². The monoisotopic (exact) mass is 198 g/mol. The Bertz CT molecular complexity index is 247. The summed E-state index contributed by atoms with van der Waals surface area (Å²) in [5, 5.41) is 0. The lowest BCUT2D eigenvalue weighted by Crippen LogP contribution is -2.24. The first-order chi connectivity index (χ1) is 6.15. The SMILES string of the molecule is C/C(C(N)=O)=C(/CC(C)(C)C)N(C)C. The van der Waals surface area contributed by atoms with Gasteiger partial charge >= 0.3 is 0 Å². The second-order valence-corrected chi connectivity index (χ2v) is 5.07. The first-order valence-corrected chi connectivity index (χ1v) is 4.82. The van der Waals surface area contributed by atoms with Crippen molar-refractivity contribution in [2.24, 2.45) is 11.1 Å². The van der Waals surface area contributed by atoms with Crippen LogP contribution in [0.5, 0.6) is 0 Å². The van der Waals surface area contributed by atoms with Crippen molar-refractivity contribution in [1.29, 1.82) is 0 Å². The van der Waals surface area contributed by atoms with E-state index in [2.05, 4.69) is 20.8 Å². The van der Waals surface area contributed by atoms with Crippen molar-refractivity contribution < 1.29 is 4.79 Å². The number of hydrogen-bond acceptors (Lipinski definition) is 2. The van der Waals surface area contributed by atoms with Gasteiger partial charge in [0, 0.05) is 25.4 Å². The Morgan fingerprint density at radius 1 is 1.29 bits per heavy atom. The molecule has 0 spiro atoms. The molecule has 14 heavy (non-hydrogen) atoms. The van der Waals surface area contributed by atoms with Crippen LogP contribution >= 0.6 is 0 Å². The lowest BCUT2D eigenvalue weighted by atomic mass is 9.88. The quantitative estimate of drug-likeness (QED) is 0.702. The number of carbonyl (C=O) groups excluding carboxylic acids is 1. The molecular weight excluding hydrogens is 176 g/mol. The summed E-state index contributed by atoms with van der Waals surface area (Å²) in [4.78, 5) is 13.0. The van der Waals surface area contributed by atoms with E-state index in [1.165, 1.54) is 0 Å². The molecule has 0 atom stereocenters. The van der Waals surface area contributed by atoms with Crippen LogP contribution < -0.4 is 5.73 Å². The van der Waals surface area contributed by atoms with Gasteiger partial charge in [-0.2, -0.15) is 0 Å². The third-order valence-corrected chi connectivity index (χ3v) is 2.04. The molecule has 2 N–H and O–H groups in total. The van der Waals surface area contributed by atoms with E-state index in [4.69, 9.17) is 5.73 Å². The minimum absolute atomic E-state index is 0.163.